The Balaban J connectivity index is 0.000000142. The fourth-order valence-electron chi connectivity index (χ4n) is 12.6. The summed E-state index contributed by atoms with van der Waals surface area (Å²) in [5, 5.41) is 22.4. The van der Waals surface area contributed by atoms with Crippen molar-refractivity contribution in [3.63, 3.8) is 0 Å². The Hall–Kier alpha value is -7.31. The van der Waals surface area contributed by atoms with Gasteiger partial charge in [-0.15, -0.1) is 0 Å². The molecule has 0 aliphatic carbocycles. The highest BCUT2D eigenvalue weighted by atomic mass is 32.2. The molecule has 0 radical (unpaired) electrons. The second kappa shape index (κ2) is 23.5. The van der Waals surface area contributed by atoms with E-state index in [0.29, 0.717) is 58.8 Å². The normalized spacial score (nSPS) is 17.3. The molecule has 0 bridgehead atoms. The maximum atomic E-state index is 12.2. The van der Waals surface area contributed by atoms with Crippen molar-refractivity contribution in [1.82, 2.24) is 43.6 Å². The van der Waals surface area contributed by atoms with Gasteiger partial charge in [0, 0.05) is 143 Å². The molecule has 0 unspecified atom stereocenters. The quantitative estimate of drug-likeness (QED) is 0.123. The van der Waals surface area contributed by atoms with Crippen molar-refractivity contribution in [3.8, 4) is 0 Å². The molecule has 0 saturated carbocycles. The SMILES string of the molecule is Cc1ccnc(N2CCn3c(cc4cc(CO)c(S(C)(=O)=O)cc43)[C@@H]2C(C)C)n1.Cc1ccnc(N2CCn3c(cc4cc(CO)c(S(C)(=O)=O)cc43)[C@H]2C(C)C)n1.Cc1ccnc(N2CCn3c(cc4ccc(S(C)(=O)=O)cc43)[C@@H]2C(C)C)n1. The van der Waals surface area contributed by atoms with Crippen LogP contribution in [0.2, 0.25) is 0 Å². The molecule has 3 aliphatic rings. The average molecular weight is 1210 g/mol. The van der Waals surface area contributed by atoms with Crippen LogP contribution in [-0.4, -0.2) is 117 Å². The number of nitrogens with zero attached hydrogens (tertiary/aromatic N) is 12. The third-order valence-corrected chi connectivity index (χ3v) is 19.8. The van der Waals surface area contributed by atoms with Crippen LogP contribution in [0.1, 0.15) is 105 Å². The van der Waals surface area contributed by atoms with Crippen LogP contribution in [-0.2, 0) is 62.4 Å². The molecule has 23 heteroatoms. The predicted octanol–water partition coefficient (Wildman–Crippen LogP) is 9.07. The number of benzene rings is 3. The van der Waals surface area contributed by atoms with Gasteiger partial charge in [-0.3, -0.25) is 0 Å². The Bertz CT molecular complexity index is 4180. The van der Waals surface area contributed by atoms with Gasteiger partial charge in [0.2, 0.25) is 17.8 Å². The zero-order chi connectivity index (χ0) is 61.2. The van der Waals surface area contributed by atoms with Crippen LogP contribution in [0.4, 0.5) is 17.8 Å². The number of hydrogen-bond acceptors (Lipinski definition) is 17. The molecule has 3 aliphatic heterocycles. The Morgan fingerprint density at radius 3 is 1.06 bits per heavy atom. The molecular formula is C62H76N12O8S3. The summed E-state index contributed by atoms with van der Waals surface area (Å²) >= 11 is 0. The first kappa shape index (κ1) is 60.8. The predicted molar refractivity (Wildman–Crippen MR) is 332 cm³/mol. The molecule has 12 rings (SSSR count). The number of aliphatic hydroxyl groups is 2. The minimum Gasteiger partial charge on any atom is -0.392 e. The standard InChI is InChI=1S/2C21H26N4O3S.C20H24N4O2S/c2*1-13(2)20-18-10-15-9-16(12-26)19(29(4,27)28)11-17(15)24(18)7-8-25(20)21-22-6-5-14(3)23-21;1-13(2)19-18-11-15-5-6-16(27(4,25)26)12-17(15)23(18)9-10-24(19)20-21-8-7-14(3)22-20/h2*5-6,9-11,13,20,26H,7-8,12H2,1-4H3;5-8,11-13,19H,9-10H2,1-4H3/t2*20-;19-/m100/s1. The number of aromatic nitrogens is 9. The van der Waals surface area contributed by atoms with Gasteiger partial charge in [-0.05, 0) is 122 Å². The van der Waals surface area contributed by atoms with E-state index in [1.54, 1.807) is 55.0 Å². The zero-order valence-electron chi connectivity index (χ0n) is 50.3. The molecule has 9 aromatic rings. The van der Waals surface area contributed by atoms with Crippen molar-refractivity contribution in [2.75, 3.05) is 53.1 Å². The van der Waals surface area contributed by atoms with Crippen molar-refractivity contribution >= 4 is 80.1 Å². The monoisotopic (exact) mass is 1210 g/mol. The fourth-order valence-corrected chi connectivity index (χ4v) is 15.1. The third-order valence-electron chi connectivity index (χ3n) is 16.3. The maximum absolute atomic E-state index is 12.2. The molecule has 0 saturated heterocycles. The minimum atomic E-state index is -3.43. The number of hydrogen-bond donors (Lipinski definition) is 2. The highest BCUT2D eigenvalue weighted by Crippen LogP contribution is 2.42. The van der Waals surface area contributed by atoms with Gasteiger partial charge in [0.15, 0.2) is 29.5 Å². The molecule has 0 fully saturated rings. The summed E-state index contributed by atoms with van der Waals surface area (Å²) in [5.41, 5.74) is 9.81. The number of aliphatic hydroxyl groups excluding tert-OH is 2. The van der Waals surface area contributed by atoms with Crippen LogP contribution in [0.25, 0.3) is 32.7 Å². The molecule has 0 spiro atoms. The van der Waals surface area contributed by atoms with E-state index in [1.165, 1.54) is 24.5 Å². The summed E-state index contributed by atoms with van der Waals surface area (Å²) in [6, 6.07) is 24.7. The van der Waals surface area contributed by atoms with E-state index >= 15 is 0 Å². The maximum Gasteiger partial charge on any atom is 0.226 e. The van der Waals surface area contributed by atoms with Gasteiger partial charge in [-0.1, -0.05) is 47.6 Å². The number of sulfone groups is 3. The molecule has 2 N–H and O–H groups in total. The summed E-state index contributed by atoms with van der Waals surface area (Å²) in [7, 11) is -10.1. The van der Waals surface area contributed by atoms with Gasteiger partial charge in [0.05, 0.1) is 46.0 Å². The molecule has 20 nitrogen and oxygen atoms in total. The lowest BCUT2D eigenvalue weighted by molar-refractivity contribution is 0.278. The second-order valence-corrected chi connectivity index (χ2v) is 29.7. The lowest BCUT2D eigenvalue weighted by Crippen LogP contribution is -2.41. The molecule has 450 valence electrons. The molecule has 6 aromatic heterocycles. The summed E-state index contributed by atoms with van der Waals surface area (Å²) in [6.07, 6.45) is 8.98. The smallest absolute Gasteiger partial charge is 0.226 e. The summed E-state index contributed by atoms with van der Waals surface area (Å²) in [5.74, 6) is 3.14. The molecular weight excluding hydrogens is 1140 g/mol. The summed E-state index contributed by atoms with van der Waals surface area (Å²) < 4.78 is 79.6. The topological polar surface area (TPSA) is 245 Å². The Morgan fingerprint density at radius 2 is 0.765 bits per heavy atom. The summed E-state index contributed by atoms with van der Waals surface area (Å²) in [6.45, 7) is 22.8. The van der Waals surface area contributed by atoms with Gasteiger partial charge < -0.3 is 38.6 Å². The van der Waals surface area contributed by atoms with E-state index in [1.807, 2.05) is 45.0 Å². The van der Waals surface area contributed by atoms with E-state index in [9.17, 15) is 35.5 Å². The van der Waals surface area contributed by atoms with E-state index in [-0.39, 0.29) is 41.1 Å². The first-order valence-electron chi connectivity index (χ1n) is 28.6. The van der Waals surface area contributed by atoms with Crippen molar-refractivity contribution < 1.29 is 35.5 Å². The van der Waals surface area contributed by atoms with Gasteiger partial charge in [0.25, 0.3) is 0 Å². The highest BCUT2D eigenvalue weighted by Gasteiger charge is 2.37. The van der Waals surface area contributed by atoms with Crippen molar-refractivity contribution in [3.05, 3.63) is 143 Å². The zero-order valence-corrected chi connectivity index (χ0v) is 52.7. The Labute approximate surface area is 498 Å². The van der Waals surface area contributed by atoms with Crippen molar-refractivity contribution in [1.29, 1.82) is 0 Å². The first-order valence-corrected chi connectivity index (χ1v) is 34.3. The number of anilines is 3. The van der Waals surface area contributed by atoms with E-state index in [2.05, 4.69) is 118 Å². The summed E-state index contributed by atoms with van der Waals surface area (Å²) in [4.78, 5) is 34.8. The average Bonchev–Trinajstić information content (AvgIpc) is 1.79. The van der Waals surface area contributed by atoms with Crippen molar-refractivity contribution in [2.45, 2.75) is 128 Å². The van der Waals surface area contributed by atoms with E-state index in [4.69, 9.17) is 0 Å². The van der Waals surface area contributed by atoms with Crippen LogP contribution >= 0.6 is 0 Å². The number of aryl methyl sites for hydroxylation is 3. The van der Waals surface area contributed by atoms with Gasteiger partial charge in [-0.25, -0.2) is 55.2 Å². The van der Waals surface area contributed by atoms with E-state index < -0.39 is 29.5 Å². The Kier molecular flexibility index (Phi) is 16.8. The van der Waals surface area contributed by atoms with Gasteiger partial charge in [-0.2, -0.15) is 0 Å². The van der Waals surface area contributed by atoms with Crippen LogP contribution in [0.15, 0.2) is 112 Å². The third kappa shape index (κ3) is 12.0. The van der Waals surface area contributed by atoms with E-state index in [0.717, 1.165) is 93.3 Å². The van der Waals surface area contributed by atoms with Crippen molar-refractivity contribution in [2.24, 2.45) is 17.8 Å². The second-order valence-electron chi connectivity index (χ2n) is 23.7. The highest BCUT2D eigenvalue weighted by molar-refractivity contribution is 7.91. The first-order chi connectivity index (χ1) is 40.2. The van der Waals surface area contributed by atoms with Crippen LogP contribution in [0.5, 0.6) is 0 Å². The van der Waals surface area contributed by atoms with Gasteiger partial charge >= 0.3 is 0 Å². The van der Waals surface area contributed by atoms with Crippen LogP contribution < -0.4 is 14.7 Å². The number of fused-ring (bicyclic) bond motifs is 9. The molecule has 9 heterocycles. The van der Waals surface area contributed by atoms with Crippen LogP contribution in [0.3, 0.4) is 0 Å². The lowest BCUT2D eigenvalue weighted by atomic mass is 9.97. The Morgan fingerprint density at radius 1 is 0.435 bits per heavy atom. The molecule has 3 atom stereocenters. The number of rotatable bonds is 11. The minimum absolute atomic E-state index is 0.0669. The molecule has 0 amide bonds. The van der Waals surface area contributed by atoms with Gasteiger partial charge in [0.1, 0.15) is 0 Å². The van der Waals surface area contributed by atoms with Crippen LogP contribution in [0, 0.1) is 38.5 Å². The molecule has 3 aromatic carbocycles. The lowest BCUT2D eigenvalue weighted by Gasteiger charge is -2.39. The fraction of sp³-hybridized carbons (Fsp3) is 0.419. The molecule has 85 heavy (non-hydrogen) atoms. The largest absolute Gasteiger partial charge is 0.392 e.